The van der Waals surface area contributed by atoms with Crippen molar-refractivity contribution >= 4 is 29.5 Å². The highest BCUT2D eigenvalue weighted by atomic mass is 32.2. The van der Waals surface area contributed by atoms with Crippen molar-refractivity contribution in [3.8, 4) is 0 Å². The van der Waals surface area contributed by atoms with Crippen LogP contribution < -0.4 is 11.1 Å². The lowest BCUT2D eigenvalue weighted by Crippen LogP contribution is -2.47. The average Bonchev–Trinajstić information content (AvgIpc) is 3.15. The van der Waals surface area contributed by atoms with Gasteiger partial charge in [-0.15, -0.1) is 11.8 Å². The molecule has 162 valence electrons. The smallest absolute Gasteiger partial charge is 0.322 e. The Kier molecular flexibility index (Phi) is 9.96. The fraction of sp³-hybridized carbons (Fsp3) is 0.500. The maximum atomic E-state index is 13.7. The number of carboxylic acid groups (broad SMARTS) is 1. The van der Waals surface area contributed by atoms with E-state index in [1.54, 1.807) is 0 Å². The monoisotopic (exact) mass is 435 g/mol. The van der Waals surface area contributed by atoms with E-state index in [4.69, 9.17) is 10.8 Å². The van der Waals surface area contributed by atoms with Gasteiger partial charge in [-0.2, -0.15) is 0 Å². The molecule has 0 radical (unpaired) electrons. The summed E-state index contributed by atoms with van der Waals surface area (Å²) in [5.41, 5.74) is 5.68. The third-order valence-electron chi connectivity index (χ3n) is 3.86. The molecule has 29 heavy (non-hydrogen) atoms. The molecular formula is C18H24F3N3O4S. The molecule has 11 heteroatoms. The second-order valence-electron chi connectivity index (χ2n) is 5.95. The summed E-state index contributed by atoms with van der Waals surface area (Å²) in [6.07, 6.45) is -0.423. The minimum atomic E-state index is -1.31. The van der Waals surface area contributed by atoms with E-state index in [0.29, 0.717) is 17.9 Å². The minimum absolute atomic E-state index is 0.152. The number of carboxylic acids is 1. The molecule has 1 heterocycles. The van der Waals surface area contributed by atoms with Gasteiger partial charge in [0.2, 0.25) is 5.91 Å². The Labute approximate surface area is 170 Å². The zero-order valence-electron chi connectivity index (χ0n) is 16.1. The van der Waals surface area contributed by atoms with Crippen molar-refractivity contribution in [3.63, 3.8) is 0 Å². The fourth-order valence-electron chi connectivity index (χ4n) is 2.61. The van der Waals surface area contributed by atoms with Gasteiger partial charge in [0.05, 0.1) is 0 Å². The van der Waals surface area contributed by atoms with Crippen LogP contribution >= 0.6 is 11.8 Å². The van der Waals surface area contributed by atoms with Gasteiger partial charge in [0.1, 0.15) is 12.4 Å². The van der Waals surface area contributed by atoms with E-state index in [-0.39, 0.29) is 24.9 Å². The van der Waals surface area contributed by atoms with Crippen molar-refractivity contribution in [2.75, 3.05) is 18.8 Å². The Balaban J connectivity index is 0.00000204. The average molecular weight is 435 g/mol. The molecule has 1 aliphatic heterocycles. The third-order valence-corrected chi connectivity index (χ3v) is 5.06. The zero-order valence-corrected chi connectivity index (χ0v) is 16.9. The topological polar surface area (TPSA) is 113 Å². The van der Waals surface area contributed by atoms with Crippen LogP contribution in [0.1, 0.15) is 25.8 Å². The predicted molar refractivity (Wildman–Crippen MR) is 103 cm³/mol. The maximum absolute atomic E-state index is 13.7. The van der Waals surface area contributed by atoms with Crippen molar-refractivity contribution in [2.24, 2.45) is 5.73 Å². The summed E-state index contributed by atoms with van der Waals surface area (Å²) >= 11 is 1.18. The first-order valence-electron chi connectivity index (χ1n) is 8.98. The molecule has 1 aromatic rings. The zero-order chi connectivity index (χ0) is 22.1. The van der Waals surface area contributed by atoms with Gasteiger partial charge in [0.25, 0.3) is 5.91 Å². The van der Waals surface area contributed by atoms with Gasteiger partial charge in [0.15, 0.2) is 17.0 Å². The van der Waals surface area contributed by atoms with Crippen molar-refractivity contribution in [2.45, 2.75) is 38.1 Å². The quantitative estimate of drug-likeness (QED) is 0.560. The normalized spacial score (nSPS) is 16.6. The van der Waals surface area contributed by atoms with E-state index in [1.807, 2.05) is 13.8 Å². The minimum Gasteiger partial charge on any atom is -0.480 e. The van der Waals surface area contributed by atoms with Gasteiger partial charge in [-0.05, 0) is 18.1 Å². The molecule has 0 saturated carbocycles. The Morgan fingerprint density at radius 3 is 2.48 bits per heavy atom. The summed E-state index contributed by atoms with van der Waals surface area (Å²) in [5, 5.41) is 9.94. The lowest BCUT2D eigenvalue weighted by molar-refractivity contribution is -0.139. The van der Waals surface area contributed by atoms with E-state index >= 15 is 0 Å². The van der Waals surface area contributed by atoms with Gasteiger partial charge in [-0.1, -0.05) is 13.8 Å². The molecule has 2 rings (SSSR count). The van der Waals surface area contributed by atoms with Crippen LogP contribution in [-0.4, -0.2) is 58.0 Å². The lowest BCUT2D eigenvalue weighted by Gasteiger charge is -2.24. The van der Waals surface area contributed by atoms with Gasteiger partial charge in [-0.3, -0.25) is 14.4 Å². The summed E-state index contributed by atoms with van der Waals surface area (Å²) in [5.74, 6) is -5.27. The molecular weight excluding hydrogens is 411 g/mol. The van der Waals surface area contributed by atoms with Crippen molar-refractivity contribution in [1.29, 1.82) is 0 Å². The number of nitrogens with one attached hydrogen (secondary N) is 1. The SMILES string of the molecule is CC.NC(CC(=O)N1CCSC1C(=O)NCC(=O)O)Cc1cc(F)c(F)cc1F. The largest absolute Gasteiger partial charge is 0.480 e. The third kappa shape index (κ3) is 7.24. The summed E-state index contributed by atoms with van der Waals surface area (Å²) in [4.78, 5) is 36.2. The summed E-state index contributed by atoms with van der Waals surface area (Å²) in [6.45, 7) is 3.72. The number of nitrogens with zero attached hydrogens (tertiary/aromatic N) is 1. The number of nitrogens with two attached hydrogens (primary N) is 1. The van der Waals surface area contributed by atoms with Crippen LogP contribution in [0.15, 0.2) is 12.1 Å². The van der Waals surface area contributed by atoms with Gasteiger partial charge >= 0.3 is 5.97 Å². The van der Waals surface area contributed by atoms with E-state index in [9.17, 15) is 27.6 Å². The number of halogens is 3. The number of amides is 2. The van der Waals surface area contributed by atoms with Crippen LogP contribution in [0.25, 0.3) is 0 Å². The van der Waals surface area contributed by atoms with Crippen LogP contribution in [-0.2, 0) is 20.8 Å². The van der Waals surface area contributed by atoms with Gasteiger partial charge in [0, 0.05) is 30.8 Å². The first-order chi connectivity index (χ1) is 13.7. The first-order valence-corrected chi connectivity index (χ1v) is 10.0. The summed E-state index contributed by atoms with van der Waals surface area (Å²) in [6, 6.07) is 0.243. The van der Waals surface area contributed by atoms with Crippen LogP contribution in [0.4, 0.5) is 13.2 Å². The molecule has 1 saturated heterocycles. The summed E-state index contributed by atoms with van der Waals surface area (Å²) in [7, 11) is 0. The standard InChI is InChI=1S/C16H18F3N3O4S.C2H6/c17-10-6-12(19)11(18)4-8(10)3-9(20)5-13(23)22-1-2-27-16(22)15(26)21-7-14(24)25;1-2/h4,6,9,16H,1-3,5,7,20H2,(H,21,26)(H,24,25);1-2H3. The van der Waals surface area contributed by atoms with Crippen LogP contribution in [0.5, 0.6) is 0 Å². The number of thioether (sulfide) groups is 1. The Morgan fingerprint density at radius 1 is 1.24 bits per heavy atom. The van der Waals surface area contributed by atoms with E-state index in [2.05, 4.69) is 5.32 Å². The highest BCUT2D eigenvalue weighted by Crippen LogP contribution is 2.25. The van der Waals surface area contributed by atoms with E-state index < -0.39 is 53.2 Å². The number of hydrogen-bond donors (Lipinski definition) is 3. The van der Waals surface area contributed by atoms with Crippen LogP contribution in [0.3, 0.4) is 0 Å². The highest BCUT2D eigenvalue weighted by molar-refractivity contribution is 8.00. The number of carbonyl (C=O) groups excluding carboxylic acids is 2. The van der Waals surface area contributed by atoms with Crippen molar-refractivity contribution in [1.82, 2.24) is 10.2 Å². The fourth-order valence-corrected chi connectivity index (χ4v) is 3.77. The molecule has 2 amide bonds. The number of rotatable bonds is 7. The molecule has 1 aromatic carbocycles. The molecule has 1 aliphatic rings. The molecule has 2 unspecified atom stereocenters. The highest BCUT2D eigenvalue weighted by Gasteiger charge is 2.35. The Morgan fingerprint density at radius 2 is 1.86 bits per heavy atom. The van der Waals surface area contributed by atoms with E-state index in [0.717, 1.165) is 0 Å². The van der Waals surface area contributed by atoms with Gasteiger partial charge in [-0.25, -0.2) is 13.2 Å². The number of aliphatic carboxylic acids is 1. The molecule has 0 spiro atoms. The second kappa shape index (κ2) is 11.7. The molecule has 1 fully saturated rings. The van der Waals surface area contributed by atoms with E-state index in [1.165, 1.54) is 16.7 Å². The van der Waals surface area contributed by atoms with Crippen molar-refractivity contribution < 1.29 is 32.7 Å². The molecule has 0 aromatic heterocycles. The Hall–Kier alpha value is -2.27. The first kappa shape index (κ1) is 24.8. The molecule has 0 bridgehead atoms. The second-order valence-corrected chi connectivity index (χ2v) is 7.14. The molecule has 7 nitrogen and oxygen atoms in total. The van der Waals surface area contributed by atoms with Gasteiger partial charge < -0.3 is 21.1 Å². The molecule has 2 atom stereocenters. The number of hydrogen-bond acceptors (Lipinski definition) is 5. The Bertz CT molecular complexity index is 751. The van der Waals surface area contributed by atoms with Crippen LogP contribution in [0.2, 0.25) is 0 Å². The molecule has 4 N–H and O–H groups in total. The summed E-state index contributed by atoms with van der Waals surface area (Å²) < 4.78 is 39.9. The van der Waals surface area contributed by atoms with Crippen LogP contribution in [0, 0.1) is 17.5 Å². The maximum Gasteiger partial charge on any atom is 0.322 e. The predicted octanol–water partition coefficient (Wildman–Crippen LogP) is 1.49. The van der Waals surface area contributed by atoms with Crippen molar-refractivity contribution in [3.05, 3.63) is 35.1 Å². The lowest BCUT2D eigenvalue weighted by atomic mass is 10.0. The number of carbonyl (C=O) groups is 3. The number of benzene rings is 1. The molecule has 0 aliphatic carbocycles.